The third kappa shape index (κ3) is 2.98. The fourth-order valence-electron chi connectivity index (χ4n) is 4.75. The molecule has 1 aliphatic heterocycles. The molecule has 3 heterocycles. The number of benzene rings is 1. The standard InChI is InChI=1S/C21H24N4O2/c26-21-17-8-3-4-9-18(17)23-20(25(21)15-6-1-2-7-15)19-10-5-13-24(19)14-16-11-12-22-27-16/h3-4,8-9,11-12,15,19H,1-2,5-7,10,13-14H2. The van der Waals surface area contributed by atoms with Crippen molar-refractivity contribution in [3.05, 3.63) is 58.5 Å². The number of nitrogens with zero attached hydrogens (tertiary/aromatic N) is 4. The Balaban J connectivity index is 1.62. The third-order valence-corrected chi connectivity index (χ3v) is 6.04. The number of likely N-dealkylation sites (tertiary alicyclic amines) is 1. The second-order valence-electron chi connectivity index (χ2n) is 7.71. The lowest BCUT2D eigenvalue weighted by molar-refractivity contribution is 0.203. The van der Waals surface area contributed by atoms with Crippen molar-refractivity contribution in [2.24, 2.45) is 0 Å². The molecule has 0 radical (unpaired) electrons. The highest BCUT2D eigenvalue weighted by atomic mass is 16.5. The van der Waals surface area contributed by atoms with Crippen LogP contribution in [0.5, 0.6) is 0 Å². The molecule has 6 heteroatoms. The molecule has 1 aromatic carbocycles. The van der Waals surface area contributed by atoms with Gasteiger partial charge in [0.05, 0.1) is 29.7 Å². The van der Waals surface area contributed by atoms with E-state index in [2.05, 4.69) is 10.1 Å². The summed E-state index contributed by atoms with van der Waals surface area (Å²) in [6.07, 6.45) is 8.33. The van der Waals surface area contributed by atoms with Gasteiger partial charge in [0.2, 0.25) is 0 Å². The van der Waals surface area contributed by atoms with Gasteiger partial charge in [-0.05, 0) is 44.4 Å². The van der Waals surface area contributed by atoms with Crippen LogP contribution in [0.15, 0.2) is 45.8 Å². The van der Waals surface area contributed by atoms with Crippen LogP contribution in [0.4, 0.5) is 0 Å². The van der Waals surface area contributed by atoms with Gasteiger partial charge >= 0.3 is 0 Å². The summed E-state index contributed by atoms with van der Waals surface area (Å²) in [4.78, 5) is 20.8. The summed E-state index contributed by atoms with van der Waals surface area (Å²) >= 11 is 0. The normalized spacial score (nSPS) is 21.4. The molecule has 2 fully saturated rings. The van der Waals surface area contributed by atoms with Crippen molar-refractivity contribution in [2.75, 3.05) is 6.54 Å². The van der Waals surface area contributed by atoms with Crippen molar-refractivity contribution in [3.63, 3.8) is 0 Å². The molecule has 1 aliphatic carbocycles. The van der Waals surface area contributed by atoms with E-state index in [0.717, 1.165) is 54.7 Å². The Bertz CT molecular complexity index is 989. The highest BCUT2D eigenvalue weighted by Crippen LogP contribution is 2.36. The molecule has 0 amide bonds. The van der Waals surface area contributed by atoms with Crippen LogP contribution >= 0.6 is 0 Å². The van der Waals surface area contributed by atoms with Crippen molar-refractivity contribution in [3.8, 4) is 0 Å². The summed E-state index contributed by atoms with van der Waals surface area (Å²) in [6, 6.07) is 10.1. The van der Waals surface area contributed by atoms with E-state index in [9.17, 15) is 4.79 Å². The first-order valence-electron chi connectivity index (χ1n) is 9.96. The molecule has 2 aromatic heterocycles. The minimum absolute atomic E-state index is 0.119. The first-order chi connectivity index (χ1) is 13.3. The fourth-order valence-corrected chi connectivity index (χ4v) is 4.75. The van der Waals surface area contributed by atoms with Gasteiger partial charge in [0.15, 0.2) is 5.76 Å². The monoisotopic (exact) mass is 364 g/mol. The van der Waals surface area contributed by atoms with Gasteiger partial charge in [-0.25, -0.2) is 4.98 Å². The van der Waals surface area contributed by atoms with Crippen molar-refractivity contribution < 1.29 is 4.52 Å². The van der Waals surface area contributed by atoms with Gasteiger partial charge in [-0.15, -0.1) is 0 Å². The maximum absolute atomic E-state index is 13.4. The predicted octanol–water partition coefficient (Wildman–Crippen LogP) is 3.84. The number of aromatic nitrogens is 3. The summed E-state index contributed by atoms with van der Waals surface area (Å²) in [6.45, 7) is 1.69. The van der Waals surface area contributed by atoms with Crippen LogP contribution in [0.2, 0.25) is 0 Å². The molecule has 1 saturated carbocycles. The molecule has 27 heavy (non-hydrogen) atoms. The van der Waals surface area contributed by atoms with E-state index in [1.165, 1.54) is 12.8 Å². The lowest BCUT2D eigenvalue weighted by Crippen LogP contribution is -2.33. The van der Waals surface area contributed by atoms with Crippen LogP contribution in [0.3, 0.4) is 0 Å². The second-order valence-corrected chi connectivity index (χ2v) is 7.71. The summed E-state index contributed by atoms with van der Waals surface area (Å²) < 4.78 is 7.35. The maximum Gasteiger partial charge on any atom is 0.261 e. The van der Waals surface area contributed by atoms with E-state index in [1.807, 2.05) is 34.9 Å². The number of hydrogen-bond donors (Lipinski definition) is 0. The second kappa shape index (κ2) is 6.93. The SMILES string of the molecule is O=c1c2ccccc2nc(C2CCCN2Cc2ccno2)n1C1CCCC1. The number of hydrogen-bond acceptors (Lipinski definition) is 5. The molecule has 140 valence electrons. The van der Waals surface area contributed by atoms with Gasteiger partial charge in [-0.1, -0.05) is 30.1 Å². The van der Waals surface area contributed by atoms with E-state index in [4.69, 9.17) is 9.51 Å². The van der Waals surface area contributed by atoms with Gasteiger partial charge in [0.1, 0.15) is 5.82 Å². The minimum Gasteiger partial charge on any atom is -0.360 e. The Labute approximate surface area is 157 Å². The number of para-hydroxylation sites is 1. The van der Waals surface area contributed by atoms with Gasteiger partial charge in [0, 0.05) is 12.1 Å². The fraction of sp³-hybridized carbons (Fsp3) is 0.476. The zero-order valence-electron chi connectivity index (χ0n) is 15.4. The van der Waals surface area contributed by atoms with Crippen LogP contribution < -0.4 is 5.56 Å². The van der Waals surface area contributed by atoms with Gasteiger partial charge in [-0.3, -0.25) is 14.3 Å². The van der Waals surface area contributed by atoms with Gasteiger partial charge in [-0.2, -0.15) is 0 Å². The lowest BCUT2D eigenvalue weighted by Gasteiger charge is -2.28. The largest absolute Gasteiger partial charge is 0.360 e. The van der Waals surface area contributed by atoms with Crippen LogP contribution in [0.1, 0.15) is 62.2 Å². The zero-order chi connectivity index (χ0) is 18.2. The number of rotatable bonds is 4. The van der Waals surface area contributed by atoms with Crippen LogP contribution in [0, 0.1) is 0 Å². The van der Waals surface area contributed by atoms with Crippen molar-refractivity contribution >= 4 is 10.9 Å². The zero-order valence-corrected chi connectivity index (χ0v) is 15.4. The van der Waals surface area contributed by atoms with Gasteiger partial charge < -0.3 is 4.52 Å². The van der Waals surface area contributed by atoms with Crippen LogP contribution in [-0.4, -0.2) is 26.2 Å². The van der Waals surface area contributed by atoms with E-state index in [1.54, 1.807) is 6.20 Å². The van der Waals surface area contributed by atoms with E-state index < -0.39 is 0 Å². The topological polar surface area (TPSA) is 64.2 Å². The molecule has 0 N–H and O–H groups in total. The Kier molecular flexibility index (Phi) is 4.28. The third-order valence-electron chi connectivity index (χ3n) is 6.04. The van der Waals surface area contributed by atoms with E-state index in [-0.39, 0.29) is 17.6 Å². The average Bonchev–Trinajstić information content (AvgIpc) is 3.45. The predicted molar refractivity (Wildman–Crippen MR) is 102 cm³/mol. The molecule has 1 saturated heterocycles. The highest BCUT2D eigenvalue weighted by molar-refractivity contribution is 5.77. The average molecular weight is 364 g/mol. The van der Waals surface area contributed by atoms with Gasteiger partial charge in [0.25, 0.3) is 5.56 Å². The Hall–Kier alpha value is -2.47. The molecule has 1 atom stereocenters. The molecular weight excluding hydrogens is 340 g/mol. The summed E-state index contributed by atoms with van der Waals surface area (Å²) in [7, 11) is 0. The molecule has 2 aliphatic rings. The Morgan fingerprint density at radius 2 is 1.93 bits per heavy atom. The Morgan fingerprint density at radius 3 is 2.74 bits per heavy atom. The van der Waals surface area contributed by atoms with E-state index in [0.29, 0.717) is 6.54 Å². The van der Waals surface area contributed by atoms with Crippen molar-refractivity contribution in [1.82, 2.24) is 19.6 Å². The molecule has 6 nitrogen and oxygen atoms in total. The smallest absolute Gasteiger partial charge is 0.261 e. The van der Waals surface area contributed by atoms with Crippen molar-refractivity contribution in [2.45, 2.75) is 57.2 Å². The van der Waals surface area contributed by atoms with Crippen LogP contribution in [0.25, 0.3) is 10.9 Å². The molecule has 0 spiro atoms. The van der Waals surface area contributed by atoms with E-state index >= 15 is 0 Å². The Morgan fingerprint density at radius 1 is 1.07 bits per heavy atom. The summed E-state index contributed by atoms with van der Waals surface area (Å²) in [5.74, 6) is 1.79. The first-order valence-corrected chi connectivity index (χ1v) is 9.96. The number of fused-ring (bicyclic) bond motifs is 1. The van der Waals surface area contributed by atoms with Crippen molar-refractivity contribution in [1.29, 1.82) is 0 Å². The lowest BCUT2D eigenvalue weighted by atomic mass is 10.1. The first kappa shape index (κ1) is 16.7. The quantitative estimate of drug-likeness (QED) is 0.704. The molecule has 3 aromatic rings. The molecule has 1 unspecified atom stereocenters. The van der Waals surface area contributed by atoms with Crippen LogP contribution in [-0.2, 0) is 6.54 Å². The molecular formula is C21H24N4O2. The highest BCUT2D eigenvalue weighted by Gasteiger charge is 2.33. The summed E-state index contributed by atoms with van der Waals surface area (Å²) in [5, 5.41) is 4.55. The molecule has 0 bridgehead atoms. The molecule has 5 rings (SSSR count). The summed E-state index contributed by atoms with van der Waals surface area (Å²) in [5.41, 5.74) is 0.923. The maximum atomic E-state index is 13.4. The minimum atomic E-state index is 0.119.